The molecule has 4 aromatic rings. The van der Waals surface area contributed by atoms with E-state index < -0.39 is 11.7 Å². The molecule has 40 heavy (non-hydrogen) atoms. The molecule has 10 heteroatoms. The summed E-state index contributed by atoms with van der Waals surface area (Å²) in [5, 5.41) is 11.7. The fourth-order valence-electron chi connectivity index (χ4n) is 4.33. The first kappa shape index (κ1) is 27.9. The van der Waals surface area contributed by atoms with E-state index in [1.165, 1.54) is 0 Å². The third kappa shape index (κ3) is 7.53. The minimum atomic E-state index is -0.543. The number of ether oxygens (including phenoxy) is 3. The molecular weight excluding hydrogens is 526 g/mol. The molecule has 1 amide bonds. The number of morpholine rings is 1. The molecular formula is C30H35N5O4S. The summed E-state index contributed by atoms with van der Waals surface area (Å²) in [5.74, 6) is 1.55. The van der Waals surface area contributed by atoms with Gasteiger partial charge in [0.25, 0.3) is 0 Å². The number of aromatic nitrogens is 3. The molecule has 1 fully saturated rings. The topological polar surface area (TPSA) is 90.2 Å². The molecule has 9 nitrogen and oxygen atoms in total. The fourth-order valence-corrected chi connectivity index (χ4v) is 5.29. The first-order valence-corrected chi connectivity index (χ1v) is 14.3. The molecule has 0 saturated carbocycles. The highest BCUT2D eigenvalue weighted by Gasteiger charge is 2.17. The molecule has 1 aliphatic rings. The second kappa shape index (κ2) is 12.7. The van der Waals surface area contributed by atoms with E-state index >= 15 is 0 Å². The molecule has 210 valence electrons. The van der Waals surface area contributed by atoms with E-state index in [4.69, 9.17) is 14.2 Å². The average molecular weight is 562 g/mol. The van der Waals surface area contributed by atoms with Crippen LogP contribution in [0.3, 0.4) is 0 Å². The number of carbonyl (C=O) groups excluding carboxylic acids is 1. The molecule has 0 atom stereocenters. The zero-order valence-electron chi connectivity index (χ0n) is 23.1. The van der Waals surface area contributed by atoms with Crippen molar-refractivity contribution >= 4 is 23.5 Å². The van der Waals surface area contributed by atoms with Crippen molar-refractivity contribution in [3.63, 3.8) is 0 Å². The van der Waals surface area contributed by atoms with Crippen LogP contribution in [0, 0.1) is 0 Å². The Labute approximate surface area is 238 Å². The average Bonchev–Trinajstić information content (AvgIpc) is 3.36. The Morgan fingerprint density at radius 3 is 2.70 bits per heavy atom. The van der Waals surface area contributed by atoms with Crippen LogP contribution in [-0.4, -0.2) is 70.6 Å². The summed E-state index contributed by atoms with van der Waals surface area (Å²) in [6.07, 6.45) is 1.61. The Hall–Kier alpha value is -3.60. The van der Waals surface area contributed by atoms with Crippen molar-refractivity contribution < 1.29 is 19.0 Å². The first-order chi connectivity index (χ1) is 19.3. The van der Waals surface area contributed by atoms with E-state index in [2.05, 4.69) is 20.4 Å². The first-order valence-electron chi connectivity index (χ1n) is 13.4. The molecule has 2 aromatic heterocycles. The van der Waals surface area contributed by atoms with Gasteiger partial charge in [-0.2, -0.15) is 0 Å². The van der Waals surface area contributed by atoms with E-state index in [0.29, 0.717) is 13.2 Å². The standard InChI is InChI=1S/C30H35N5O4S/c1-30(2,3)39-29(36)31-20-23-7-4-5-10-26(23)40-25-11-12-27-32-33-28(35(27)21-25)22-8-6-9-24(19-22)38-18-15-34-13-16-37-17-14-34/h4-12,19,21H,13-18,20H2,1-3H3,(H,31,36). The van der Waals surface area contributed by atoms with Crippen molar-refractivity contribution in [2.24, 2.45) is 0 Å². The molecule has 3 heterocycles. The van der Waals surface area contributed by atoms with Crippen LogP contribution >= 0.6 is 11.8 Å². The van der Waals surface area contributed by atoms with E-state index in [-0.39, 0.29) is 0 Å². The van der Waals surface area contributed by atoms with Crippen molar-refractivity contribution in [2.45, 2.75) is 42.7 Å². The summed E-state index contributed by atoms with van der Waals surface area (Å²) in [4.78, 5) is 16.6. The number of nitrogens with one attached hydrogen (secondary N) is 1. The van der Waals surface area contributed by atoms with E-state index in [9.17, 15) is 4.79 Å². The van der Waals surface area contributed by atoms with Gasteiger partial charge in [0.2, 0.25) is 0 Å². The number of amides is 1. The number of fused-ring (bicyclic) bond motifs is 1. The van der Waals surface area contributed by atoms with Crippen molar-refractivity contribution in [1.82, 2.24) is 24.8 Å². The lowest BCUT2D eigenvalue weighted by atomic mass is 10.2. The van der Waals surface area contributed by atoms with E-state index in [1.807, 2.05) is 92.0 Å². The highest BCUT2D eigenvalue weighted by atomic mass is 32.2. The van der Waals surface area contributed by atoms with Crippen LogP contribution < -0.4 is 10.1 Å². The molecule has 1 aliphatic heterocycles. The number of pyridine rings is 1. The van der Waals surface area contributed by atoms with Crippen LogP contribution in [0.15, 0.2) is 76.7 Å². The highest BCUT2D eigenvalue weighted by Crippen LogP contribution is 2.32. The number of carbonyl (C=O) groups is 1. The molecule has 2 aromatic carbocycles. The van der Waals surface area contributed by atoms with Crippen LogP contribution in [0.2, 0.25) is 0 Å². The third-order valence-corrected chi connectivity index (χ3v) is 7.37. The summed E-state index contributed by atoms with van der Waals surface area (Å²) in [7, 11) is 0. The van der Waals surface area contributed by atoms with Gasteiger partial charge in [-0.25, -0.2) is 4.79 Å². The smallest absolute Gasteiger partial charge is 0.407 e. The van der Waals surface area contributed by atoms with Crippen LogP contribution in [-0.2, 0) is 16.0 Å². The van der Waals surface area contributed by atoms with Gasteiger partial charge in [-0.05, 0) is 56.7 Å². The Morgan fingerprint density at radius 1 is 1.05 bits per heavy atom. The van der Waals surface area contributed by atoms with Crippen molar-refractivity contribution in [1.29, 1.82) is 0 Å². The number of hydrogen-bond acceptors (Lipinski definition) is 8. The maximum atomic E-state index is 12.2. The minimum absolute atomic E-state index is 0.372. The maximum absolute atomic E-state index is 12.2. The van der Waals surface area contributed by atoms with Crippen LogP contribution in [0.1, 0.15) is 26.3 Å². The quantitative estimate of drug-likeness (QED) is 0.295. The maximum Gasteiger partial charge on any atom is 0.407 e. The highest BCUT2D eigenvalue weighted by molar-refractivity contribution is 7.99. The number of rotatable bonds is 9. The molecule has 0 unspecified atom stereocenters. The van der Waals surface area contributed by atoms with Crippen LogP contribution in [0.4, 0.5) is 4.79 Å². The fraction of sp³-hybridized carbons (Fsp3) is 0.367. The molecule has 0 bridgehead atoms. The van der Waals surface area contributed by atoms with Gasteiger partial charge in [-0.15, -0.1) is 10.2 Å². The van der Waals surface area contributed by atoms with Gasteiger partial charge < -0.3 is 19.5 Å². The van der Waals surface area contributed by atoms with Crippen molar-refractivity contribution in [3.8, 4) is 17.1 Å². The Bertz CT molecular complexity index is 1450. The normalized spacial score (nSPS) is 14.3. The molecule has 1 saturated heterocycles. The zero-order chi connectivity index (χ0) is 28.0. The van der Waals surface area contributed by atoms with Gasteiger partial charge >= 0.3 is 6.09 Å². The van der Waals surface area contributed by atoms with Crippen molar-refractivity contribution in [2.75, 3.05) is 39.5 Å². The van der Waals surface area contributed by atoms with Gasteiger partial charge in [-0.3, -0.25) is 9.30 Å². The van der Waals surface area contributed by atoms with Gasteiger partial charge in [0, 0.05) is 47.7 Å². The number of alkyl carbamates (subject to hydrolysis) is 1. The van der Waals surface area contributed by atoms with E-state index in [1.54, 1.807) is 11.8 Å². The summed E-state index contributed by atoms with van der Waals surface area (Å²) in [6.45, 7) is 10.9. The second-order valence-corrected chi connectivity index (χ2v) is 11.6. The summed E-state index contributed by atoms with van der Waals surface area (Å²) in [5.41, 5.74) is 2.15. The van der Waals surface area contributed by atoms with E-state index in [0.717, 1.165) is 71.0 Å². The largest absolute Gasteiger partial charge is 0.492 e. The lowest BCUT2D eigenvalue weighted by Gasteiger charge is -2.26. The molecule has 1 N–H and O–H groups in total. The lowest BCUT2D eigenvalue weighted by Crippen LogP contribution is -2.38. The van der Waals surface area contributed by atoms with Crippen LogP contribution in [0.25, 0.3) is 17.0 Å². The third-order valence-electron chi connectivity index (χ3n) is 6.27. The monoisotopic (exact) mass is 561 g/mol. The lowest BCUT2D eigenvalue weighted by molar-refractivity contribution is 0.0322. The Kier molecular flexibility index (Phi) is 8.88. The zero-order valence-corrected chi connectivity index (χ0v) is 23.9. The number of benzene rings is 2. The van der Waals surface area contributed by atoms with Gasteiger partial charge in [0.1, 0.15) is 18.0 Å². The van der Waals surface area contributed by atoms with Crippen LogP contribution in [0.5, 0.6) is 5.75 Å². The Balaban J connectivity index is 1.28. The number of hydrogen-bond donors (Lipinski definition) is 1. The SMILES string of the molecule is CC(C)(C)OC(=O)NCc1ccccc1Sc1ccc2nnc(-c3cccc(OCCN4CCOCC4)c3)n2c1. The minimum Gasteiger partial charge on any atom is -0.492 e. The van der Waals surface area contributed by atoms with Gasteiger partial charge in [0.05, 0.1) is 13.2 Å². The molecule has 5 rings (SSSR count). The Morgan fingerprint density at radius 2 is 1.88 bits per heavy atom. The van der Waals surface area contributed by atoms with Gasteiger partial charge in [-0.1, -0.05) is 42.1 Å². The summed E-state index contributed by atoms with van der Waals surface area (Å²) in [6, 6.07) is 20.0. The molecule has 0 radical (unpaired) electrons. The van der Waals surface area contributed by atoms with Crippen molar-refractivity contribution in [3.05, 3.63) is 72.4 Å². The predicted molar refractivity (Wildman–Crippen MR) is 155 cm³/mol. The molecule has 0 spiro atoms. The van der Waals surface area contributed by atoms with Gasteiger partial charge in [0.15, 0.2) is 11.5 Å². The number of nitrogens with zero attached hydrogens (tertiary/aromatic N) is 4. The predicted octanol–water partition coefficient (Wildman–Crippen LogP) is 5.28. The molecule has 0 aliphatic carbocycles. The summed E-state index contributed by atoms with van der Waals surface area (Å²) >= 11 is 1.62. The summed E-state index contributed by atoms with van der Waals surface area (Å²) < 4.78 is 18.9. The second-order valence-electron chi connectivity index (χ2n) is 10.5.